The molecule has 0 atom stereocenters. The van der Waals surface area contributed by atoms with Crippen LogP contribution in [0.25, 0.3) is 0 Å². The summed E-state index contributed by atoms with van der Waals surface area (Å²) in [6.45, 7) is 0.300. The molecule has 0 unspecified atom stereocenters. The molecular formula is C12H15BrN2O2. The van der Waals surface area contributed by atoms with Crippen molar-refractivity contribution in [3.8, 4) is 0 Å². The molecule has 0 bridgehead atoms. The lowest BCUT2D eigenvalue weighted by Crippen LogP contribution is -2.41. The second kappa shape index (κ2) is 5.14. The average Bonchev–Trinajstić information content (AvgIpc) is 2.74. The summed E-state index contributed by atoms with van der Waals surface area (Å²) in [6.07, 6.45) is 5.15. The summed E-state index contributed by atoms with van der Waals surface area (Å²) in [5.74, 6) is -0.252. The summed E-state index contributed by atoms with van der Waals surface area (Å²) in [4.78, 5) is 15.9. The molecule has 0 aliphatic heterocycles. The van der Waals surface area contributed by atoms with E-state index in [9.17, 15) is 9.90 Å². The van der Waals surface area contributed by atoms with Crippen molar-refractivity contribution in [2.45, 2.75) is 31.3 Å². The Labute approximate surface area is 109 Å². The first-order valence-electron chi connectivity index (χ1n) is 5.72. The summed E-state index contributed by atoms with van der Waals surface area (Å²) in [7, 11) is 0. The van der Waals surface area contributed by atoms with Crippen molar-refractivity contribution in [2.24, 2.45) is 0 Å². The maximum Gasteiger partial charge on any atom is 0.271 e. The van der Waals surface area contributed by atoms with Crippen LogP contribution in [0.5, 0.6) is 0 Å². The van der Waals surface area contributed by atoms with Crippen LogP contribution >= 0.6 is 15.9 Å². The Morgan fingerprint density at radius 2 is 2.24 bits per heavy atom. The Kier molecular flexibility index (Phi) is 3.79. The second-order valence-electron chi connectivity index (χ2n) is 4.45. The summed E-state index contributed by atoms with van der Waals surface area (Å²) in [5, 5.41) is 12.9. The number of nitrogens with one attached hydrogen (secondary N) is 1. The molecule has 1 aromatic heterocycles. The van der Waals surface area contributed by atoms with Crippen molar-refractivity contribution < 1.29 is 9.90 Å². The normalized spacial score (nSPS) is 18.0. The fraction of sp³-hybridized carbons (Fsp3) is 0.500. The van der Waals surface area contributed by atoms with E-state index in [1.54, 1.807) is 18.3 Å². The van der Waals surface area contributed by atoms with Gasteiger partial charge in [0.1, 0.15) is 5.69 Å². The van der Waals surface area contributed by atoms with Gasteiger partial charge in [0.25, 0.3) is 5.91 Å². The molecule has 1 amide bonds. The van der Waals surface area contributed by atoms with Crippen LogP contribution in [0.15, 0.2) is 22.8 Å². The van der Waals surface area contributed by atoms with Crippen LogP contribution < -0.4 is 5.32 Å². The molecule has 17 heavy (non-hydrogen) atoms. The third kappa shape index (κ3) is 3.04. The third-order valence-electron chi connectivity index (χ3n) is 3.09. The fourth-order valence-electron chi connectivity index (χ4n) is 2.09. The first-order chi connectivity index (χ1) is 8.11. The molecule has 1 aliphatic rings. The van der Waals surface area contributed by atoms with Crippen LogP contribution in [0.2, 0.25) is 0 Å². The maximum absolute atomic E-state index is 11.8. The summed E-state index contributed by atoms with van der Waals surface area (Å²) in [6, 6.07) is 3.53. The van der Waals surface area contributed by atoms with Crippen LogP contribution in [0.3, 0.4) is 0 Å². The van der Waals surface area contributed by atoms with Crippen molar-refractivity contribution in [1.82, 2.24) is 10.3 Å². The third-order valence-corrected chi connectivity index (χ3v) is 3.73. The van der Waals surface area contributed by atoms with Crippen molar-refractivity contribution in [1.29, 1.82) is 0 Å². The number of carbonyl (C=O) groups is 1. The number of pyridine rings is 1. The molecule has 0 saturated heterocycles. The molecule has 92 valence electrons. The Morgan fingerprint density at radius 1 is 1.53 bits per heavy atom. The van der Waals surface area contributed by atoms with E-state index in [0.29, 0.717) is 16.7 Å². The van der Waals surface area contributed by atoms with Gasteiger partial charge in [0, 0.05) is 17.2 Å². The van der Waals surface area contributed by atoms with E-state index < -0.39 is 5.60 Å². The molecule has 1 saturated carbocycles. The number of aromatic nitrogens is 1. The Hall–Kier alpha value is -0.940. The van der Waals surface area contributed by atoms with E-state index >= 15 is 0 Å². The van der Waals surface area contributed by atoms with Crippen LogP contribution in [0.4, 0.5) is 0 Å². The van der Waals surface area contributed by atoms with Crippen LogP contribution in [0, 0.1) is 0 Å². The predicted octanol–water partition coefficient (Wildman–Crippen LogP) is 1.88. The van der Waals surface area contributed by atoms with E-state index in [-0.39, 0.29) is 5.91 Å². The number of nitrogens with zero attached hydrogens (tertiary/aromatic N) is 1. The molecule has 0 aromatic carbocycles. The minimum atomic E-state index is -0.725. The van der Waals surface area contributed by atoms with E-state index in [1.807, 2.05) is 0 Å². The van der Waals surface area contributed by atoms with Gasteiger partial charge in [0.15, 0.2) is 0 Å². The van der Waals surface area contributed by atoms with Gasteiger partial charge in [-0.25, -0.2) is 4.98 Å². The summed E-state index contributed by atoms with van der Waals surface area (Å²) >= 11 is 3.28. The van der Waals surface area contributed by atoms with Gasteiger partial charge in [0.2, 0.25) is 0 Å². The van der Waals surface area contributed by atoms with E-state index in [2.05, 4.69) is 26.2 Å². The fourth-order valence-corrected chi connectivity index (χ4v) is 2.53. The van der Waals surface area contributed by atoms with Crippen LogP contribution in [-0.2, 0) is 0 Å². The van der Waals surface area contributed by atoms with E-state index in [1.165, 1.54) is 0 Å². The standard InChI is InChI=1S/C12H15BrN2O2/c13-9-4-3-7-14-10(9)11(16)15-8-12(17)5-1-2-6-12/h3-4,7,17H,1-2,5-6,8H2,(H,15,16). The molecular weight excluding hydrogens is 284 g/mol. The smallest absolute Gasteiger partial charge is 0.271 e. The van der Waals surface area contributed by atoms with Crippen LogP contribution in [-0.4, -0.2) is 28.1 Å². The molecule has 1 aliphatic carbocycles. The highest BCUT2D eigenvalue weighted by Crippen LogP contribution is 2.28. The van der Waals surface area contributed by atoms with Crippen molar-refractivity contribution in [3.63, 3.8) is 0 Å². The van der Waals surface area contributed by atoms with E-state index in [0.717, 1.165) is 25.7 Å². The molecule has 1 aromatic rings. The summed E-state index contributed by atoms with van der Waals surface area (Å²) < 4.78 is 0.663. The number of amides is 1. The Morgan fingerprint density at radius 3 is 2.88 bits per heavy atom. The molecule has 4 nitrogen and oxygen atoms in total. The molecule has 2 N–H and O–H groups in total. The van der Waals surface area contributed by atoms with Crippen molar-refractivity contribution in [3.05, 3.63) is 28.5 Å². The molecule has 1 heterocycles. The number of halogens is 1. The topological polar surface area (TPSA) is 62.2 Å². The van der Waals surface area contributed by atoms with Gasteiger partial charge in [0.05, 0.1) is 5.60 Å². The molecule has 0 radical (unpaired) electrons. The van der Waals surface area contributed by atoms with Crippen molar-refractivity contribution >= 4 is 21.8 Å². The zero-order chi connectivity index (χ0) is 12.3. The monoisotopic (exact) mass is 298 g/mol. The van der Waals surface area contributed by atoms with Gasteiger partial charge >= 0.3 is 0 Å². The molecule has 2 rings (SSSR count). The summed E-state index contributed by atoms with van der Waals surface area (Å²) in [5.41, 5.74) is -0.370. The number of carbonyl (C=O) groups excluding carboxylic acids is 1. The van der Waals surface area contributed by atoms with Crippen molar-refractivity contribution in [2.75, 3.05) is 6.54 Å². The van der Waals surface area contributed by atoms with Crippen LogP contribution in [0.1, 0.15) is 36.2 Å². The SMILES string of the molecule is O=C(NCC1(O)CCCC1)c1ncccc1Br. The highest BCUT2D eigenvalue weighted by atomic mass is 79.9. The van der Waals surface area contributed by atoms with Gasteiger partial charge < -0.3 is 10.4 Å². The first kappa shape index (κ1) is 12.5. The lowest BCUT2D eigenvalue weighted by atomic mass is 10.0. The zero-order valence-corrected chi connectivity index (χ0v) is 11.0. The molecule has 5 heteroatoms. The largest absolute Gasteiger partial charge is 0.388 e. The minimum absolute atomic E-state index is 0.252. The minimum Gasteiger partial charge on any atom is -0.388 e. The highest BCUT2D eigenvalue weighted by Gasteiger charge is 2.31. The van der Waals surface area contributed by atoms with Gasteiger partial charge in [-0.15, -0.1) is 0 Å². The van der Waals surface area contributed by atoms with Gasteiger partial charge in [-0.05, 0) is 40.9 Å². The average molecular weight is 299 g/mol. The number of hydrogen-bond donors (Lipinski definition) is 2. The molecule has 0 spiro atoms. The Balaban J connectivity index is 1.96. The van der Waals surface area contributed by atoms with Gasteiger partial charge in [-0.2, -0.15) is 0 Å². The van der Waals surface area contributed by atoms with E-state index in [4.69, 9.17) is 0 Å². The van der Waals surface area contributed by atoms with Gasteiger partial charge in [-0.1, -0.05) is 12.8 Å². The lowest BCUT2D eigenvalue weighted by Gasteiger charge is -2.22. The number of rotatable bonds is 3. The zero-order valence-electron chi connectivity index (χ0n) is 9.45. The maximum atomic E-state index is 11.8. The number of hydrogen-bond acceptors (Lipinski definition) is 3. The lowest BCUT2D eigenvalue weighted by molar-refractivity contribution is 0.0448. The first-order valence-corrected chi connectivity index (χ1v) is 6.51. The number of aliphatic hydroxyl groups is 1. The highest BCUT2D eigenvalue weighted by molar-refractivity contribution is 9.10. The quantitative estimate of drug-likeness (QED) is 0.896. The Bertz CT molecular complexity index is 417. The second-order valence-corrected chi connectivity index (χ2v) is 5.30. The molecule has 1 fully saturated rings. The van der Waals surface area contributed by atoms with Gasteiger partial charge in [-0.3, -0.25) is 4.79 Å². The predicted molar refractivity (Wildman–Crippen MR) is 67.7 cm³/mol.